The minimum absolute atomic E-state index is 0.00640. The number of H-pyrrole nitrogens is 1. The molecule has 4 N–H and O–H groups in total. The van der Waals surface area contributed by atoms with Gasteiger partial charge in [-0.2, -0.15) is 0 Å². The van der Waals surface area contributed by atoms with Crippen molar-refractivity contribution in [2.45, 2.75) is 45.2 Å². The quantitative estimate of drug-likeness (QED) is 0.217. The first kappa shape index (κ1) is 23.8. The number of carbonyl (C=O) groups is 1. The molecule has 0 unspecified atom stereocenters. The number of hydrogen-bond donors (Lipinski definition) is 4. The number of fused-ring (bicyclic) bond motifs is 1. The number of oxazole rings is 1. The Morgan fingerprint density at radius 1 is 1.28 bits per heavy atom. The van der Waals surface area contributed by atoms with E-state index in [1.165, 1.54) is 0 Å². The third-order valence-electron chi connectivity index (χ3n) is 6.54. The zero-order valence-electron chi connectivity index (χ0n) is 20.5. The average Bonchev–Trinajstić information content (AvgIpc) is 3.65. The maximum Gasteiger partial charge on any atom is 0.241 e. The molecule has 1 aliphatic rings. The molecular formula is C28H30N6O2. The molecule has 0 spiro atoms. The van der Waals surface area contributed by atoms with E-state index in [0.29, 0.717) is 18.1 Å². The highest BCUT2D eigenvalue weighted by Gasteiger charge is 2.22. The van der Waals surface area contributed by atoms with Crippen LogP contribution in [0.3, 0.4) is 0 Å². The van der Waals surface area contributed by atoms with Gasteiger partial charge in [0.1, 0.15) is 5.82 Å². The largest absolute Gasteiger partial charge is 0.436 e. The number of hydrogen-bond acceptors (Lipinski definition) is 6. The number of carbonyl (C=O) groups excluding carboxylic acids is 1. The Morgan fingerprint density at radius 3 is 2.94 bits per heavy atom. The molecule has 36 heavy (non-hydrogen) atoms. The Labute approximate surface area is 210 Å². The summed E-state index contributed by atoms with van der Waals surface area (Å²) in [6.45, 7) is 5.65. The van der Waals surface area contributed by atoms with Gasteiger partial charge in [0, 0.05) is 29.8 Å². The molecule has 0 radical (unpaired) electrons. The van der Waals surface area contributed by atoms with Crippen LogP contribution in [0.1, 0.15) is 43.6 Å². The molecule has 2 aromatic carbocycles. The van der Waals surface area contributed by atoms with Gasteiger partial charge in [-0.1, -0.05) is 6.07 Å². The van der Waals surface area contributed by atoms with E-state index >= 15 is 0 Å². The molecule has 3 heterocycles. The smallest absolute Gasteiger partial charge is 0.241 e. The van der Waals surface area contributed by atoms with Gasteiger partial charge in [-0.05, 0) is 69.1 Å². The summed E-state index contributed by atoms with van der Waals surface area (Å²) in [5, 5.41) is 9.66. The van der Waals surface area contributed by atoms with E-state index < -0.39 is 0 Å². The van der Waals surface area contributed by atoms with Gasteiger partial charge in [0.25, 0.3) is 0 Å². The number of aromatic nitrogens is 3. The van der Waals surface area contributed by atoms with Crippen molar-refractivity contribution in [3.05, 3.63) is 54.0 Å². The van der Waals surface area contributed by atoms with Gasteiger partial charge in [0.2, 0.25) is 11.8 Å². The van der Waals surface area contributed by atoms with Crippen LogP contribution >= 0.6 is 0 Å². The number of amides is 1. The maximum atomic E-state index is 12.6. The number of aromatic amines is 1. The summed E-state index contributed by atoms with van der Waals surface area (Å²) in [7, 11) is 0. The van der Waals surface area contributed by atoms with Crippen LogP contribution in [-0.2, 0) is 4.79 Å². The number of rotatable bonds is 8. The fraction of sp³-hybridized carbons (Fsp3) is 0.321. The predicted molar refractivity (Wildman–Crippen MR) is 141 cm³/mol. The highest BCUT2D eigenvalue weighted by molar-refractivity contribution is 5.96. The van der Waals surface area contributed by atoms with E-state index in [0.717, 1.165) is 65.2 Å². The van der Waals surface area contributed by atoms with Crippen molar-refractivity contribution in [2.24, 2.45) is 0 Å². The molecule has 2 aromatic heterocycles. The lowest BCUT2D eigenvalue weighted by Crippen LogP contribution is -2.35. The van der Waals surface area contributed by atoms with Crippen molar-refractivity contribution in [3.8, 4) is 35.1 Å². The minimum atomic E-state index is -0.138. The summed E-state index contributed by atoms with van der Waals surface area (Å²) < 4.78 is 6.12. The molecule has 4 aromatic rings. The van der Waals surface area contributed by atoms with Crippen molar-refractivity contribution in [1.82, 2.24) is 25.6 Å². The van der Waals surface area contributed by atoms with E-state index in [2.05, 4.69) is 38.8 Å². The Kier molecular flexibility index (Phi) is 6.85. The fourth-order valence-electron chi connectivity index (χ4n) is 4.40. The van der Waals surface area contributed by atoms with Gasteiger partial charge in [-0.3, -0.25) is 4.79 Å². The second kappa shape index (κ2) is 10.4. The molecule has 0 aliphatic carbocycles. The van der Waals surface area contributed by atoms with Crippen LogP contribution in [0.2, 0.25) is 0 Å². The predicted octanol–water partition coefficient (Wildman–Crippen LogP) is 4.56. The molecule has 1 fully saturated rings. The van der Waals surface area contributed by atoms with Crippen molar-refractivity contribution in [3.63, 3.8) is 0 Å². The van der Waals surface area contributed by atoms with Crippen molar-refractivity contribution < 1.29 is 9.21 Å². The van der Waals surface area contributed by atoms with Gasteiger partial charge in [0.15, 0.2) is 5.76 Å². The monoisotopic (exact) mass is 482 g/mol. The van der Waals surface area contributed by atoms with Crippen LogP contribution in [0.25, 0.3) is 33.8 Å². The lowest BCUT2D eigenvalue weighted by atomic mass is 10.1. The van der Waals surface area contributed by atoms with Gasteiger partial charge in [-0.25, -0.2) is 9.97 Å². The minimum Gasteiger partial charge on any atom is -0.436 e. The number of terminal acetylenes is 1. The Morgan fingerprint density at radius 2 is 2.14 bits per heavy atom. The van der Waals surface area contributed by atoms with E-state index in [9.17, 15) is 4.79 Å². The number of imidazole rings is 1. The van der Waals surface area contributed by atoms with E-state index in [1.54, 1.807) is 6.20 Å². The highest BCUT2D eigenvalue weighted by atomic mass is 16.4. The Hall–Kier alpha value is -3.93. The lowest BCUT2D eigenvalue weighted by Gasteiger charge is -2.13. The summed E-state index contributed by atoms with van der Waals surface area (Å²) in [5.41, 5.74) is 5.25. The van der Waals surface area contributed by atoms with E-state index in [-0.39, 0.29) is 18.0 Å². The zero-order chi connectivity index (χ0) is 25.1. The number of nitrogens with one attached hydrogen (secondary N) is 4. The molecule has 2 atom stereocenters. The van der Waals surface area contributed by atoms with E-state index in [1.807, 2.05) is 43.3 Å². The number of anilines is 1. The van der Waals surface area contributed by atoms with Crippen molar-refractivity contribution >= 4 is 22.6 Å². The SMILES string of the molecule is C#CCCN[C@@H](C)c1nc2cc(-c3cnc(-c4ccc(C)c(NC(=O)[C@@H]5CCCN5)c4)o3)ccc2[nH]1. The first-order valence-electron chi connectivity index (χ1n) is 12.3. The topological polar surface area (TPSA) is 108 Å². The van der Waals surface area contributed by atoms with Crippen LogP contribution in [-0.4, -0.2) is 40.0 Å². The Bertz CT molecular complexity index is 1420. The zero-order valence-corrected chi connectivity index (χ0v) is 20.5. The van der Waals surface area contributed by atoms with Crippen LogP contribution in [0, 0.1) is 19.3 Å². The Balaban J connectivity index is 1.34. The first-order chi connectivity index (χ1) is 17.5. The summed E-state index contributed by atoms with van der Waals surface area (Å²) in [4.78, 5) is 25.2. The molecule has 8 nitrogen and oxygen atoms in total. The molecule has 1 amide bonds. The van der Waals surface area contributed by atoms with Crippen molar-refractivity contribution in [1.29, 1.82) is 0 Å². The number of benzene rings is 2. The number of aryl methyl sites for hydroxylation is 1. The molecule has 0 saturated carbocycles. The third-order valence-corrected chi connectivity index (χ3v) is 6.54. The fourth-order valence-corrected chi connectivity index (χ4v) is 4.40. The molecular weight excluding hydrogens is 452 g/mol. The summed E-state index contributed by atoms with van der Waals surface area (Å²) in [6.07, 6.45) is 9.60. The lowest BCUT2D eigenvalue weighted by molar-refractivity contribution is -0.117. The molecule has 8 heteroatoms. The van der Waals surface area contributed by atoms with Crippen molar-refractivity contribution in [2.75, 3.05) is 18.4 Å². The number of nitrogens with zero attached hydrogens (tertiary/aromatic N) is 2. The maximum absolute atomic E-state index is 12.6. The van der Waals surface area contributed by atoms with Gasteiger partial charge in [0.05, 0.1) is 29.3 Å². The van der Waals surface area contributed by atoms with Gasteiger partial charge in [-0.15, -0.1) is 12.3 Å². The molecule has 184 valence electrons. The van der Waals surface area contributed by atoms with Crippen LogP contribution in [0.15, 0.2) is 47.0 Å². The standard InChI is InChI=1S/C28H30N6O2/c1-4-5-12-29-18(3)26-32-21-11-10-19(14-24(21)33-26)25-16-31-28(36-25)20-9-8-17(2)23(15-20)34-27(35)22-7-6-13-30-22/h1,8-11,14-16,18,22,29-30H,5-7,12-13H2,2-3H3,(H,32,33)(H,34,35)/t18-,22-/m0/s1. The normalized spacial score (nSPS) is 16.2. The second-order valence-corrected chi connectivity index (χ2v) is 9.18. The van der Waals surface area contributed by atoms with Crippen LogP contribution in [0.4, 0.5) is 5.69 Å². The first-order valence-corrected chi connectivity index (χ1v) is 12.3. The molecule has 1 aliphatic heterocycles. The van der Waals surface area contributed by atoms with E-state index in [4.69, 9.17) is 15.8 Å². The molecule has 1 saturated heterocycles. The van der Waals surface area contributed by atoms with Gasteiger partial charge < -0.3 is 25.4 Å². The molecule has 0 bridgehead atoms. The van der Waals surface area contributed by atoms with Crippen LogP contribution < -0.4 is 16.0 Å². The van der Waals surface area contributed by atoms with Crippen LogP contribution in [0.5, 0.6) is 0 Å². The highest BCUT2D eigenvalue weighted by Crippen LogP contribution is 2.30. The summed E-state index contributed by atoms with van der Waals surface area (Å²) in [5.74, 6) is 4.63. The average molecular weight is 483 g/mol. The molecule has 5 rings (SSSR count). The summed E-state index contributed by atoms with van der Waals surface area (Å²) in [6, 6.07) is 11.7. The third kappa shape index (κ3) is 5.03. The summed E-state index contributed by atoms with van der Waals surface area (Å²) >= 11 is 0. The second-order valence-electron chi connectivity index (χ2n) is 9.18. The van der Waals surface area contributed by atoms with Gasteiger partial charge >= 0.3 is 0 Å².